The smallest absolute Gasteiger partial charge is 0.251 e. The van der Waals surface area contributed by atoms with Crippen molar-refractivity contribution in [2.75, 3.05) is 17.2 Å². The Balaban J connectivity index is 1.97. The number of benzene rings is 2. The molecule has 3 amide bonds. The first-order valence-electron chi connectivity index (χ1n) is 8.02. The van der Waals surface area contributed by atoms with Crippen molar-refractivity contribution < 1.29 is 14.4 Å². The molecule has 0 aliphatic rings. The van der Waals surface area contributed by atoms with Crippen molar-refractivity contribution in [3.05, 3.63) is 59.7 Å². The number of anilines is 2. The van der Waals surface area contributed by atoms with Crippen LogP contribution in [0.1, 0.15) is 29.8 Å². The summed E-state index contributed by atoms with van der Waals surface area (Å²) in [7, 11) is 0. The molecule has 6 nitrogen and oxygen atoms in total. The molecule has 0 atom stereocenters. The normalized spacial score (nSPS) is 10.0. The largest absolute Gasteiger partial charge is 0.352 e. The molecular weight excluding hydrogens is 318 g/mol. The molecule has 6 heteroatoms. The second kappa shape index (κ2) is 8.63. The van der Waals surface area contributed by atoms with Crippen LogP contribution < -0.4 is 16.0 Å². The van der Waals surface area contributed by atoms with E-state index in [1.807, 2.05) is 6.92 Å². The third-order valence-electron chi connectivity index (χ3n) is 3.38. The highest BCUT2D eigenvalue weighted by molar-refractivity contribution is 5.97. The first kappa shape index (κ1) is 18.2. The Labute approximate surface area is 146 Å². The Morgan fingerprint density at radius 1 is 0.920 bits per heavy atom. The number of amides is 3. The Morgan fingerprint density at radius 3 is 2.28 bits per heavy atom. The van der Waals surface area contributed by atoms with E-state index in [2.05, 4.69) is 16.0 Å². The Morgan fingerprint density at radius 2 is 1.64 bits per heavy atom. The maximum Gasteiger partial charge on any atom is 0.251 e. The zero-order valence-electron chi connectivity index (χ0n) is 14.3. The zero-order valence-corrected chi connectivity index (χ0v) is 14.3. The Bertz CT molecular complexity index is 770. The Kier molecular flexibility index (Phi) is 6.28. The van der Waals surface area contributed by atoms with Gasteiger partial charge in [-0.05, 0) is 42.8 Å². The average Bonchev–Trinajstić information content (AvgIpc) is 2.56. The van der Waals surface area contributed by atoms with Crippen molar-refractivity contribution >= 4 is 29.1 Å². The van der Waals surface area contributed by atoms with E-state index in [-0.39, 0.29) is 24.1 Å². The lowest BCUT2D eigenvalue weighted by atomic mass is 10.1. The molecule has 0 heterocycles. The fourth-order valence-corrected chi connectivity index (χ4v) is 2.30. The van der Waals surface area contributed by atoms with Gasteiger partial charge in [0.2, 0.25) is 11.8 Å². The molecule has 0 aliphatic heterocycles. The molecule has 0 radical (unpaired) electrons. The van der Waals surface area contributed by atoms with Crippen LogP contribution in [0.5, 0.6) is 0 Å². The lowest BCUT2D eigenvalue weighted by Gasteiger charge is -2.08. The fourth-order valence-electron chi connectivity index (χ4n) is 2.30. The van der Waals surface area contributed by atoms with Crippen LogP contribution in [0.2, 0.25) is 0 Å². The van der Waals surface area contributed by atoms with Crippen molar-refractivity contribution in [1.29, 1.82) is 0 Å². The predicted octanol–water partition coefficient (Wildman–Crippen LogP) is 2.58. The van der Waals surface area contributed by atoms with Gasteiger partial charge in [0.25, 0.3) is 5.91 Å². The minimum absolute atomic E-state index is 0.141. The molecule has 0 fully saturated rings. The number of nitrogens with one attached hydrogen (secondary N) is 3. The summed E-state index contributed by atoms with van der Waals surface area (Å²) < 4.78 is 0. The van der Waals surface area contributed by atoms with Crippen molar-refractivity contribution in [2.24, 2.45) is 0 Å². The van der Waals surface area contributed by atoms with E-state index in [4.69, 9.17) is 0 Å². The summed E-state index contributed by atoms with van der Waals surface area (Å²) in [5, 5.41) is 8.18. The van der Waals surface area contributed by atoms with Gasteiger partial charge in [0.05, 0.1) is 6.42 Å². The molecule has 0 spiro atoms. The molecule has 0 unspecified atom stereocenters. The molecule has 3 N–H and O–H groups in total. The first-order chi connectivity index (χ1) is 12.0. The van der Waals surface area contributed by atoms with Crippen molar-refractivity contribution in [2.45, 2.75) is 20.3 Å². The lowest BCUT2D eigenvalue weighted by molar-refractivity contribution is -0.116. The molecule has 0 aromatic heterocycles. The van der Waals surface area contributed by atoms with E-state index in [9.17, 15) is 14.4 Å². The molecular formula is C19H21N3O3. The summed E-state index contributed by atoms with van der Waals surface area (Å²) >= 11 is 0. The van der Waals surface area contributed by atoms with E-state index in [1.54, 1.807) is 48.5 Å². The van der Waals surface area contributed by atoms with Gasteiger partial charge in [-0.1, -0.05) is 18.2 Å². The molecule has 2 rings (SSSR count). The summed E-state index contributed by atoms with van der Waals surface area (Å²) in [5.74, 6) is -0.495. The summed E-state index contributed by atoms with van der Waals surface area (Å²) in [5.41, 5.74) is 2.58. The van der Waals surface area contributed by atoms with Crippen LogP contribution in [0.15, 0.2) is 48.5 Å². The van der Waals surface area contributed by atoms with Gasteiger partial charge in [-0.25, -0.2) is 0 Å². The highest BCUT2D eigenvalue weighted by atomic mass is 16.2. The summed E-state index contributed by atoms with van der Waals surface area (Å²) in [4.78, 5) is 35.0. The SMILES string of the molecule is CCNC(=O)c1cccc(NC(=O)Cc2ccc(NC(C)=O)cc2)c1. The van der Waals surface area contributed by atoms with Crippen LogP contribution in [0.4, 0.5) is 11.4 Å². The zero-order chi connectivity index (χ0) is 18.2. The topological polar surface area (TPSA) is 87.3 Å². The van der Waals surface area contributed by atoms with Gasteiger partial charge in [0.15, 0.2) is 0 Å². The van der Waals surface area contributed by atoms with Gasteiger partial charge < -0.3 is 16.0 Å². The van der Waals surface area contributed by atoms with Crippen LogP contribution in [-0.2, 0) is 16.0 Å². The fraction of sp³-hybridized carbons (Fsp3) is 0.211. The summed E-state index contributed by atoms with van der Waals surface area (Å²) in [6, 6.07) is 13.9. The highest BCUT2D eigenvalue weighted by Crippen LogP contribution is 2.13. The van der Waals surface area contributed by atoms with Crippen molar-refractivity contribution in [3.8, 4) is 0 Å². The van der Waals surface area contributed by atoms with Crippen LogP contribution in [0.25, 0.3) is 0 Å². The van der Waals surface area contributed by atoms with E-state index in [0.717, 1.165) is 5.56 Å². The van der Waals surface area contributed by atoms with Crippen molar-refractivity contribution in [3.63, 3.8) is 0 Å². The first-order valence-corrected chi connectivity index (χ1v) is 8.02. The number of hydrogen-bond donors (Lipinski definition) is 3. The van der Waals surface area contributed by atoms with E-state index in [0.29, 0.717) is 23.5 Å². The second-order valence-electron chi connectivity index (χ2n) is 5.54. The van der Waals surface area contributed by atoms with Gasteiger partial charge in [0.1, 0.15) is 0 Å². The van der Waals surface area contributed by atoms with Crippen LogP contribution in [-0.4, -0.2) is 24.3 Å². The van der Waals surface area contributed by atoms with Gasteiger partial charge in [-0.15, -0.1) is 0 Å². The molecule has 0 bridgehead atoms. The summed E-state index contributed by atoms with van der Waals surface area (Å²) in [6.45, 7) is 3.83. The Hall–Kier alpha value is -3.15. The number of carbonyl (C=O) groups excluding carboxylic acids is 3. The minimum Gasteiger partial charge on any atom is -0.352 e. The van der Waals surface area contributed by atoms with Crippen LogP contribution >= 0.6 is 0 Å². The van der Waals surface area contributed by atoms with Gasteiger partial charge in [-0.3, -0.25) is 14.4 Å². The standard InChI is InChI=1S/C19H21N3O3/c1-3-20-19(25)15-5-4-6-17(12-15)22-18(24)11-14-7-9-16(10-8-14)21-13(2)23/h4-10,12H,3,11H2,1-2H3,(H,20,25)(H,21,23)(H,22,24). The number of carbonyl (C=O) groups is 3. The third-order valence-corrected chi connectivity index (χ3v) is 3.38. The van der Waals surface area contributed by atoms with Gasteiger partial charge in [-0.2, -0.15) is 0 Å². The second-order valence-corrected chi connectivity index (χ2v) is 5.54. The highest BCUT2D eigenvalue weighted by Gasteiger charge is 2.08. The van der Waals surface area contributed by atoms with Gasteiger partial charge in [0, 0.05) is 30.4 Å². The summed E-state index contributed by atoms with van der Waals surface area (Å²) in [6.07, 6.45) is 0.200. The molecule has 130 valence electrons. The van der Waals surface area contributed by atoms with Crippen molar-refractivity contribution in [1.82, 2.24) is 5.32 Å². The van der Waals surface area contributed by atoms with Crippen LogP contribution in [0, 0.1) is 0 Å². The molecule has 0 saturated heterocycles. The number of rotatable bonds is 6. The quantitative estimate of drug-likeness (QED) is 0.756. The molecule has 2 aromatic carbocycles. The lowest BCUT2D eigenvalue weighted by Crippen LogP contribution is -2.23. The number of hydrogen-bond acceptors (Lipinski definition) is 3. The van der Waals surface area contributed by atoms with Gasteiger partial charge >= 0.3 is 0 Å². The third kappa shape index (κ3) is 5.76. The van der Waals surface area contributed by atoms with E-state index < -0.39 is 0 Å². The molecule has 0 saturated carbocycles. The predicted molar refractivity (Wildman–Crippen MR) is 97.5 cm³/mol. The average molecular weight is 339 g/mol. The van der Waals surface area contributed by atoms with E-state index >= 15 is 0 Å². The molecule has 2 aromatic rings. The maximum atomic E-state index is 12.2. The van der Waals surface area contributed by atoms with E-state index in [1.165, 1.54) is 6.92 Å². The minimum atomic E-state index is -0.180. The molecule has 25 heavy (non-hydrogen) atoms. The molecule has 0 aliphatic carbocycles. The monoisotopic (exact) mass is 339 g/mol. The maximum absolute atomic E-state index is 12.2. The van der Waals surface area contributed by atoms with Crippen LogP contribution in [0.3, 0.4) is 0 Å².